The summed E-state index contributed by atoms with van der Waals surface area (Å²) in [6, 6.07) is 0. The second kappa shape index (κ2) is 4.60. The molecular formula is C11H20N2OS. The van der Waals surface area contributed by atoms with Gasteiger partial charge in [0.2, 0.25) is 0 Å². The fourth-order valence-corrected chi connectivity index (χ4v) is 2.56. The van der Waals surface area contributed by atoms with Crippen molar-refractivity contribution in [1.82, 2.24) is 10.3 Å². The molecule has 1 heterocycles. The molecule has 15 heavy (non-hydrogen) atoms. The molecule has 0 saturated carbocycles. The molecule has 0 aliphatic carbocycles. The van der Waals surface area contributed by atoms with Gasteiger partial charge in [0, 0.05) is 12.0 Å². The number of hydrogen-bond acceptors (Lipinski definition) is 4. The molecule has 1 rings (SSSR count). The van der Waals surface area contributed by atoms with E-state index in [0.29, 0.717) is 0 Å². The van der Waals surface area contributed by atoms with Gasteiger partial charge in [0.25, 0.3) is 0 Å². The van der Waals surface area contributed by atoms with E-state index in [1.54, 1.807) is 18.4 Å². The van der Waals surface area contributed by atoms with E-state index in [1.165, 1.54) is 4.88 Å². The molecule has 0 radical (unpaired) electrons. The number of aromatic nitrogens is 1. The van der Waals surface area contributed by atoms with Gasteiger partial charge in [-0.15, -0.1) is 11.3 Å². The molecule has 0 fully saturated rings. The summed E-state index contributed by atoms with van der Waals surface area (Å²) < 4.78 is 5.41. The highest BCUT2D eigenvalue weighted by Gasteiger charge is 2.34. The standard InChI is InChI=1S/C11H20N2OS/c1-7-8(2)15-10(13-7)11(4,12-5)9(3)14-6/h9,12H,1-6H3. The first-order valence-corrected chi connectivity index (χ1v) is 5.93. The fraction of sp³-hybridized carbons (Fsp3) is 0.727. The van der Waals surface area contributed by atoms with E-state index in [0.717, 1.165) is 10.7 Å². The third-order valence-corrected chi connectivity index (χ3v) is 4.47. The Kier molecular flexibility index (Phi) is 3.87. The van der Waals surface area contributed by atoms with E-state index in [2.05, 4.69) is 31.1 Å². The first-order valence-electron chi connectivity index (χ1n) is 5.12. The lowest BCUT2D eigenvalue weighted by atomic mass is 9.97. The summed E-state index contributed by atoms with van der Waals surface area (Å²) in [5.74, 6) is 0. The molecule has 2 unspecified atom stereocenters. The summed E-state index contributed by atoms with van der Waals surface area (Å²) in [4.78, 5) is 5.87. The monoisotopic (exact) mass is 228 g/mol. The molecule has 2 atom stereocenters. The largest absolute Gasteiger partial charge is 0.379 e. The van der Waals surface area contributed by atoms with Crippen molar-refractivity contribution < 1.29 is 4.74 Å². The van der Waals surface area contributed by atoms with Crippen LogP contribution in [0.25, 0.3) is 0 Å². The molecule has 1 aromatic heterocycles. The third-order valence-electron chi connectivity index (χ3n) is 3.16. The minimum absolute atomic E-state index is 0.0902. The van der Waals surface area contributed by atoms with Crippen molar-refractivity contribution in [1.29, 1.82) is 0 Å². The number of likely N-dealkylation sites (N-methyl/N-ethyl adjacent to an activating group) is 1. The molecule has 0 saturated heterocycles. The Hall–Kier alpha value is -0.450. The van der Waals surface area contributed by atoms with E-state index in [4.69, 9.17) is 4.74 Å². The molecule has 0 amide bonds. The Balaban J connectivity index is 3.10. The minimum Gasteiger partial charge on any atom is -0.379 e. The van der Waals surface area contributed by atoms with Crippen LogP contribution in [-0.4, -0.2) is 25.2 Å². The first-order chi connectivity index (χ1) is 6.95. The van der Waals surface area contributed by atoms with Gasteiger partial charge in [-0.25, -0.2) is 4.98 Å². The molecule has 0 aliphatic rings. The van der Waals surface area contributed by atoms with Gasteiger partial charge in [-0.2, -0.15) is 0 Å². The summed E-state index contributed by atoms with van der Waals surface area (Å²) in [7, 11) is 3.68. The number of hydrogen-bond donors (Lipinski definition) is 1. The normalized spacial score (nSPS) is 17.5. The van der Waals surface area contributed by atoms with E-state index >= 15 is 0 Å². The van der Waals surface area contributed by atoms with Gasteiger partial charge in [0.1, 0.15) is 5.01 Å². The van der Waals surface area contributed by atoms with Crippen molar-refractivity contribution in [3.05, 3.63) is 15.6 Å². The predicted molar refractivity (Wildman–Crippen MR) is 64.5 cm³/mol. The van der Waals surface area contributed by atoms with Gasteiger partial charge < -0.3 is 10.1 Å². The molecular weight excluding hydrogens is 208 g/mol. The lowest BCUT2D eigenvalue weighted by Gasteiger charge is -2.32. The first kappa shape index (κ1) is 12.6. The molecule has 0 aromatic carbocycles. The van der Waals surface area contributed by atoms with Crippen LogP contribution in [0.1, 0.15) is 29.4 Å². The van der Waals surface area contributed by atoms with Crippen LogP contribution in [0.5, 0.6) is 0 Å². The van der Waals surface area contributed by atoms with Gasteiger partial charge in [-0.1, -0.05) is 0 Å². The second-order valence-corrected chi connectivity index (χ2v) is 5.19. The van der Waals surface area contributed by atoms with Crippen LogP contribution < -0.4 is 5.32 Å². The van der Waals surface area contributed by atoms with Crippen molar-refractivity contribution in [3.8, 4) is 0 Å². The van der Waals surface area contributed by atoms with Gasteiger partial charge in [-0.05, 0) is 34.7 Å². The molecule has 1 N–H and O–H groups in total. The smallest absolute Gasteiger partial charge is 0.116 e. The van der Waals surface area contributed by atoms with Crippen molar-refractivity contribution in [2.75, 3.05) is 14.2 Å². The SMILES string of the molecule is CNC(C)(c1nc(C)c(C)s1)C(C)OC. The van der Waals surface area contributed by atoms with Crippen molar-refractivity contribution in [3.63, 3.8) is 0 Å². The van der Waals surface area contributed by atoms with Crippen LogP contribution in [0, 0.1) is 13.8 Å². The van der Waals surface area contributed by atoms with E-state index in [9.17, 15) is 0 Å². The number of nitrogens with one attached hydrogen (secondary N) is 1. The van der Waals surface area contributed by atoms with E-state index in [1.807, 2.05) is 14.0 Å². The number of rotatable bonds is 4. The lowest BCUT2D eigenvalue weighted by Crippen LogP contribution is -2.47. The van der Waals surface area contributed by atoms with Gasteiger partial charge in [0.05, 0.1) is 17.3 Å². The summed E-state index contributed by atoms with van der Waals surface area (Å²) in [5.41, 5.74) is 0.901. The average molecular weight is 228 g/mol. The molecule has 3 nitrogen and oxygen atoms in total. The molecule has 0 aliphatic heterocycles. The van der Waals surface area contributed by atoms with E-state index in [-0.39, 0.29) is 11.6 Å². The molecule has 4 heteroatoms. The Bertz CT molecular complexity index is 318. The maximum Gasteiger partial charge on any atom is 0.116 e. The Morgan fingerprint density at radius 2 is 2.07 bits per heavy atom. The van der Waals surface area contributed by atoms with Crippen LogP contribution in [0.2, 0.25) is 0 Å². The van der Waals surface area contributed by atoms with Crippen molar-refractivity contribution >= 4 is 11.3 Å². The zero-order chi connectivity index (χ0) is 11.6. The number of ether oxygens (including phenoxy) is 1. The van der Waals surface area contributed by atoms with Crippen LogP contribution in [-0.2, 0) is 10.3 Å². The topological polar surface area (TPSA) is 34.2 Å². The van der Waals surface area contributed by atoms with Crippen molar-refractivity contribution in [2.45, 2.75) is 39.3 Å². The maximum atomic E-state index is 5.41. The number of nitrogens with zero attached hydrogens (tertiary/aromatic N) is 1. The highest BCUT2D eigenvalue weighted by Crippen LogP contribution is 2.31. The minimum atomic E-state index is -0.210. The summed E-state index contributed by atoms with van der Waals surface area (Å²) >= 11 is 1.74. The van der Waals surface area contributed by atoms with Crippen LogP contribution >= 0.6 is 11.3 Å². The van der Waals surface area contributed by atoms with Gasteiger partial charge >= 0.3 is 0 Å². The average Bonchev–Trinajstić information content (AvgIpc) is 2.57. The van der Waals surface area contributed by atoms with Crippen LogP contribution in [0.4, 0.5) is 0 Å². The number of thiazole rings is 1. The number of methoxy groups -OCH3 is 1. The van der Waals surface area contributed by atoms with E-state index < -0.39 is 0 Å². The third kappa shape index (κ3) is 2.22. The Morgan fingerprint density at radius 1 is 1.47 bits per heavy atom. The maximum absolute atomic E-state index is 5.41. The van der Waals surface area contributed by atoms with Crippen molar-refractivity contribution in [2.24, 2.45) is 0 Å². The highest BCUT2D eigenvalue weighted by molar-refractivity contribution is 7.11. The fourth-order valence-electron chi connectivity index (χ4n) is 1.41. The molecule has 86 valence electrons. The summed E-state index contributed by atoms with van der Waals surface area (Å²) in [6.07, 6.45) is 0.0902. The zero-order valence-electron chi connectivity index (χ0n) is 10.3. The summed E-state index contributed by atoms with van der Waals surface area (Å²) in [6.45, 7) is 8.33. The zero-order valence-corrected chi connectivity index (χ0v) is 11.2. The van der Waals surface area contributed by atoms with Crippen LogP contribution in [0.3, 0.4) is 0 Å². The summed E-state index contributed by atoms with van der Waals surface area (Å²) in [5, 5.41) is 4.40. The Morgan fingerprint density at radius 3 is 2.40 bits per heavy atom. The molecule has 1 aromatic rings. The number of aryl methyl sites for hydroxylation is 2. The second-order valence-electron chi connectivity index (χ2n) is 3.99. The molecule has 0 spiro atoms. The van der Waals surface area contributed by atoms with Gasteiger partial charge in [0.15, 0.2) is 0 Å². The Labute approximate surface area is 95.9 Å². The van der Waals surface area contributed by atoms with Crippen LogP contribution in [0.15, 0.2) is 0 Å². The lowest BCUT2D eigenvalue weighted by molar-refractivity contribution is 0.0399. The van der Waals surface area contributed by atoms with Gasteiger partial charge in [-0.3, -0.25) is 0 Å². The molecule has 0 bridgehead atoms. The highest BCUT2D eigenvalue weighted by atomic mass is 32.1. The quantitative estimate of drug-likeness (QED) is 0.858. The predicted octanol–water partition coefficient (Wildman–Crippen LogP) is 2.23.